The highest BCUT2D eigenvalue weighted by Gasteiger charge is 2.18. The van der Waals surface area contributed by atoms with Crippen molar-refractivity contribution in [1.29, 1.82) is 0 Å². The quantitative estimate of drug-likeness (QED) is 0.157. The zero-order valence-corrected chi connectivity index (χ0v) is 32.9. The first-order valence-corrected chi connectivity index (χ1v) is 21.5. The first kappa shape index (κ1) is 32.3. The minimum Gasteiger partial charge on any atom is -0.134 e. The Morgan fingerprint density at radius 2 is 0.690 bits per heavy atom. The van der Waals surface area contributed by atoms with Crippen LogP contribution in [0.4, 0.5) is 0 Å². The van der Waals surface area contributed by atoms with Gasteiger partial charge in [0.05, 0.1) is 0 Å². The fraction of sp³-hybridized carbons (Fsp3) is 0. The summed E-state index contributed by atoms with van der Waals surface area (Å²) in [7, 11) is 0. The zero-order valence-electron chi connectivity index (χ0n) is 31.3. The molecular weight excluding hydrogens is 737 g/mol. The van der Waals surface area contributed by atoms with Crippen LogP contribution in [0.25, 0.3) is 128 Å². The molecule has 11 aromatic carbocycles. The molecule has 58 heavy (non-hydrogen) atoms. The summed E-state index contributed by atoms with van der Waals surface area (Å²) in [5, 5.41) is 18.2. The molecule has 0 atom stereocenters. The van der Waals surface area contributed by atoms with E-state index in [1.807, 2.05) is 22.7 Å². The van der Waals surface area contributed by atoms with Crippen molar-refractivity contribution in [3.63, 3.8) is 0 Å². The molecule has 0 saturated heterocycles. The van der Waals surface area contributed by atoms with E-state index < -0.39 is 0 Å². The lowest BCUT2D eigenvalue weighted by molar-refractivity contribution is 1.67. The van der Waals surface area contributed by atoms with Gasteiger partial charge in [-0.25, -0.2) is 0 Å². The average molecular weight is 769 g/mol. The number of thiophene rings is 2. The molecule has 0 spiro atoms. The average Bonchev–Trinajstić information content (AvgIpc) is 3.86. The molecule has 0 amide bonds. The molecule has 0 saturated carbocycles. The maximum atomic E-state index is 2.38. The van der Waals surface area contributed by atoms with Crippen LogP contribution in [0.3, 0.4) is 0 Å². The molecular formula is C56H32S2. The Morgan fingerprint density at radius 1 is 0.241 bits per heavy atom. The van der Waals surface area contributed by atoms with Gasteiger partial charge in [0, 0.05) is 40.3 Å². The van der Waals surface area contributed by atoms with Crippen molar-refractivity contribution in [3.8, 4) is 33.4 Å². The molecule has 13 aromatic rings. The summed E-state index contributed by atoms with van der Waals surface area (Å²) in [6.45, 7) is 0. The Balaban J connectivity index is 0.915. The van der Waals surface area contributed by atoms with Crippen LogP contribution in [0.1, 0.15) is 0 Å². The molecule has 2 aromatic heterocycles. The van der Waals surface area contributed by atoms with Gasteiger partial charge < -0.3 is 0 Å². The van der Waals surface area contributed by atoms with Gasteiger partial charge in [-0.15, -0.1) is 22.7 Å². The molecule has 13 rings (SSSR count). The van der Waals surface area contributed by atoms with E-state index in [4.69, 9.17) is 0 Å². The van der Waals surface area contributed by atoms with E-state index in [0.29, 0.717) is 0 Å². The van der Waals surface area contributed by atoms with Crippen molar-refractivity contribution in [1.82, 2.24) is 0 Å². The van der Waals surface area contributed by atoms with Crippen LogP contribution in [0, 0.1) is 0 Å². The second-order valence-corrected chi connectivity index (χ2v) is 17.7. The van der Waals surface area contributed by atoms with Crippen molar-refractivity contribution in [2.45, 2.75) is 0 Å². The molecule has 0 fully saturated rings. The predicted molar refractivity (Wildman–Crippen MR) is 256 cm³/mol. The van der Waals surface area contributed by atoms with Crippen LogP contribution in [0.15, 0.2) is 194 Å². The van der Waals surface area contributed by atoms with Gasteiger partial charge in [0.1, 0.15) is 0 Å². The minimum atomic E-state index is 1.24. The second-order valence-electron chi connectivity index (χ2n) is 15.6. The third kappa shape index (κ3) is 4.74. The summed E-state index contributed by atoms with van der Waals surface area (Å²) in [4.78, 5) is 0. The van der Waals surface area contributed by atoms with Gasteiger partial charge in [-0.05, 0) is 124 Å². The Kier molecular flexibility index (Phi) is 6.86. The molecule has 0 unspecified atom stereocenters. The maximum absolute atomic E-state index is 2.38. The Morgan fingerprint density at radius 3 is 1.38 bits per heavy atom. The Hall–Kier alpha value is -6.84. The van der Waals surface area contributed by atoms with E-state index in [1.54, 1.807) is 0 Å². The van der Waals surface area contributed by atoms with Crippen molar-refractivity contribution >= 4 is 117 Å². The lowest BCUT2D eigenvalue weighted by Crippen LogP contribution is -1.91. The monoisotopic (exact) mass is 768 g/mol. The largest absolute Gasteiger partial charge is 0.134 e. The fourth-order valence-electron chi connectivity index (χ4n) is 9.68. The highest BCUT2D eigenvalue weighted by Crippen LogP contribution is 2.47. The van der Waals surface area contributed by atoms with Crippen molar-refractivity contribution < 1.29 is 0 Å². The highest BCUT2D eigenvalue weighted by atomic mass is 32.1. The first-order valence-electron chi connectivity index (χ1n) is 19.9. The molecule has 0 aliphatic rings. The molecule has 0 nitrogen and oxygen atoms in total. The fourth-order valence-corrected chi connectivity index (χ4v) is 12.3. The number of fused-ring (bicyclic) bond motifs is 13. The van der Waals surface area contributed by atoms with Crippen LogP contribution in [-0.4, -0.2) is 0 Å². The van der Waals surface area contributed by atoms with E-state index in [9.17, 15) is 0 Å². The topological polar surface area (TPSA) is 0 Å². The van der Waals surface area contributed by atoms with Gasteiger partial charge in [0.15, 0.2) is 0 Å². The molecule has 268 valence electrons. The van der Waals surface area contributed by atoms with E-state index in [1.165, 1.54) is 128 Å². The number of rotatable bonds is 3. The van der Waals surface area contributed by atoms with Gasteiger partial charge in [-0.1, -0.05) is 158 Å². The van der Waals surface area contributed by atoms with Crippen LogP contribution in [-0.2, 0) is 0 Å². The summed E-state index contributed by atoms with van der Waals surface area (Å²) < 4.78 is 5.50. The van der Waals surface area contributed by atoms with Crippen molar-refractivity contribution in [2.75, 3.05) is 0 Å². The van der Waals surface area contributed by atoms with Crippen LogP contribution in [0.2, 0.25) is 0 Å². The molecule has 0 bridgehead atoms. The summed E-state index contributed by atoms with van der Waals surface area (Å²) >= 11 is 3.85. The standard InChI is InChI=1S/C56H32S2/c1-2-10-34-31-40(21-17-33(34)9-1)52-44-12-3-5-14-46(44)53(47-15-6-4-13-45(47)52)41-22-20-36-29-35(18-19-37(36)32-41)38-23-25-42-39(30-38)24-26-49-54-51(58-55(42)49)28-27-48-43-11-7-8-16-50(43)57-56(48)54/h1-32H. The van der Waals surface area contributed by atoms with Crippen molar-refractivity contribution in [2.24, 2.45) is 0 Å². The number of benzene rings is 11. The van der Waals surface area contributed by atoms with E-state index in [-0.39, 0.29) is 0 Å². The van der Waals surface area contributed by atoms with Crippen molar-refractivity contribution in [3.05, 3.63) is 194 Å². The molecule has 2 heterocycles. The SMILES string of the molecule is c1ccc2cc(-c3c4ccccc4c(-c4ccc5cc(-c6ccc7c(ccc8c7sc7ccc9c%10ccccc%10sc9c78)c6)ccc5c4)c4ccccc34)ccc2c1. The molecule has 0 N–H and O–H groups in total. The van der Waals surface area contributed by atoms with Crippen LogP contribution in [0.5, 0.6) is 0 Å². The third-order valence-electron chi connectivity index (χ3n) is 12.4. The van der Waals surface area contributed by atoms with Gasteiger partial charge in [-0.2, -0.15) is 0 Å². The number of hydrogen-bond donors (Lipinski definition) is 0. The normalized spacial score (nSPS) is 12.1. The smallest absolute Gasteiger partial charge is 0.0448 e. The van der Waals surface area contributed by atoms with Crippen LogP contribution < -0.4 is 0 Å². The molecule has 0 aliphatic heterocycles. The summed E-state index contributed by atoms with van der Waals surface area (Å²) in [6, 6.07) is 72.6. The highest BCUT2D eigenvalue weighted by molar-refractivity contribution is 7.30. The first-order chi connectivity index (χ1) is 28.7. The van der Waals surface area contributed by atoms with Gasteiger partial charge in [0.25, 0.3) is 0 Å². The lowest BCUT2D eigenvalue weighted by Gasteiger charge is -2.18. The lowest BCUT2D eigenvalue weighted by atomic mass is 9.85. The maximum Gasteiger partial charge on any atom is 0.0448 e. The second kappa shape index (κ2) is 12.3. The predicted octanol–water partition coefficient (Wildman–Crippen LogP) is 17.2. The molecule has 0 aliphatic carbocycles. The molecule has 0 radical (unpaired) electrons. The number of hydrogen-bond acceptors (Lipinski definition) is 2. The van der Waals surface area contributed by atoms with Gasteiger partial charge in [-0.3, -0.25) is 0 Å². The minimum absolute atomic E-state index is 1.24. The van der Waals surface area contributed by atoms with E-state index >= 15 is 0 Å². The Bertz CT molecular complexity index is 3800. The van der Waals surface area contributed by atoms with Crippen LogP contribution >= 0.6 is 22.7 Å². The third-order valence-corrected chi connectivity index (χ3v) is 14.8. The zero-order chi connectivity index (χ0) is 37.9. The summed E-state index contributed by atoms with van der Waals surface area (Å²) in [6.07, 6.45) is 0. The summed E-state index contributed by atoms with van der Waals surface area (Å²) in [5.74, 6) is 0. The van der Waals surface area contributed by atoms with Gasteiger partial charge >= 0.3 is 0 Å². The Labute approximate surface area is 342 Å². The van der Waals surface area contributed by atoms with Gasteiger partial charge in [0.2, 0.25) is 0 Å². The summed E-state index contributed by atoms with van der Waals surface area (Å²) in [5.41, 5.74) is 7.55. The van der Waals surface area contributed by atoms with E-state index in [0.717, 1.165) is 0 Å². The molecule has 2 heteroatoms. The van der Waals surface area contributed by atoms with E-state index in [2.05, 4.69) is 194 Å².